The first-order valence-electron chi connectivity index (χ1n) is 12.6. The van der Waals surface area contributed by atoms with Crippen molar-refractivity contribution in [3.05, 3.63) is 70.0 Å². The average Bonchev–Trinajstić information content (AvgIpc) is 3.27. The van der Waals surface area contributed by atoms with Crippen molar-refractivity contribution in [3.8, 4) is 0 Å². The molecule has 0 unspecified atom stereocenters. The first kappa shape index (κ1) is 28.3. The van der Waals surface area contributed by atoms with E-state index in [4.69, 9.17) is 23.2 Å². The van der Waals surface area contributed by atoms with Crippen LogP contribution < -0.4 is 10.2 Å². The van der Waals surface area contributed by atoms with Crippen molar-refractivity contribution < 1.29 is 9.59 Å². The number of halogens is 2. The smallest absolute Gasteiger partial charge is 0.253 e. The predicted molar refractivity (Wildman–Crippen MR) is 153 cm³/mol. The van der Waals surface area contributed by atoms with Crippen LogP contribution in [0.1, 0.15) is 42.5 Å². The molecular formula is C27H32Cl2N6O2S. The molecule has 0 radical (unpaired) electrons. The first-order chi connectivity index (χ1) is 18.2. The average molecular weight is 576 g/mol. The minimum atomic E-state index is -0.372. The Kier molecular flexibility index (Phi) is 9.57. The van der Waals surface area contributed by atoms with Crippen molar-refractivity contribution >= 4 is 52.5 Å². The zero-order chi connectivity index (χ0) is 27.2. The fraction of sp³-hybridized carbons (Fsp3) is 0.407. The van der Waals surface area contributed by atoms with Crippen LogP contribution in [0.5, 0.6) is 0 Å². The van der Waals surface area contributed by atoms with Crippen LogP contribution in [0.25, 0.3) is 0 Å². The molecule has 1 saturated heterocycles. The van der Waals surface area contributed by atoms with Gasteiger partial charge < -0.3 is 19.7 Å². The van der Waals surface area contributed by atoms with E-state index in [1.54, 1.807) is 18.2 Å². The van der Waals surface area contributed by atoms with E-state index in [0.29, 0.717) is 47.0 Å². The van der Waals surface area contributed by atoms with E-state index in [0.717, 1.165) is 13.1 Å². The van der Waals surface area contributed by atoms with Crippen LogP contribution in [0, 0.1) is 5.92 Å². The number of hydrogen-bond donors (Lipinski definition) is 1. The number of piperazine rings is 1. The van der Waals surface area contributed by atoms with Crippen LogP contribution in [-0.2, 0) is 11.8 Å². The minimum Gasteiger partial charge on any atom is -0.368 e. The highest BCUT2D eigenvalue weighted by atomic mass is 35.5. The summed E-state index contributed by atoms with van der Waals surface area (Å²) in [6.45, 7) is 7.15. The lowest BCUT2D eigenvalue weighted by molar-refractivity contribution is -0.128. The van der Waals surface area contributed by atoms with Crippen LogP contribution in [0.15, 0.2) is 53.7 Å². The number of anilines is 1. The third kappa shape index (κ3) is 7.01. The number of carbonyl (C=O) groups excluding carboxylic acids is 2. The maximum atomic E-state index is 13.0. The van der Waals surface area contributed by atoms with Gasteiger partial charge in [0, 0.05) is 43.9 Å². The van der Waals surface area contributed by atoms with E-state index in [1.165, 1.54) is 17.4 Å². The number of thioether (sulfide) groups is 1. The lowest BCUT2D eigenvalue weighted by atomic mass is 10.0. The molecule has 1 atom stereocenters. The van der Waals surface area contributed by atoms with Gasteiger partial charge in [0.2, 0.25) is 5.91 Å². The van der Waals surface area contributed by atoms with Gasteiger partial charge in [0.1, 0.15) is 0 Å². The highest BCUT2D eigenvalue weighted by Crippen LogP contribution is 2.26. The highest BCUT2D eigenvalue weighted by molar-refractivity contribution is 7.99. The van der Waals surface area contributed by atoms with Gasteiger partial charge in [-0.3, -0.25) is 9.59 Å². The van der Waals surface area contributed by atoms with Crippen LogP contribution >= 0.6 is 35.0 Å². The number of carbonyl (C=O) groups is 2. The van der Waals surface area contributed by atoms with Gasteiger partial charge in [0.25, 0.3) is 5.91 Å². The lowest BCUT2D eigenvalue weighted by Crippen LogP contribution is -2.49. The molecular weight excluding hydrogens is 543 g/mol. The lowest BCUT2D eigenvalue weighted by Gasteiger charge is -2.36. The number of nitrogens with zero attached hydrogens (tertiary/aromatic N) is 5. The summed E-state index contributed by atoms with van der Waals surface area (Å²) in [7, 11) is 1.86. The molecule has 1 aromatic heterocycles. The number of nitrogens with one attached hydrogen (secondary N) is 1. The summed E-state index contributed by atoms with van der Waals surface area (Å²) in [5.74, 6) is 0.975. The summed E-state index contributed by atoms with van der Waals surface area (Å²) in [4.78, 5) is 30.1. The maximum absolute atomic E-state index is 13.0. The second-order valence-corrected chi connectivity index (χ2v) is 11.5. The Morgan fingerprint density at radius 1 is 1.03 bits per heavy atom. The van der Waals surface area contributed by atoms with E-state index >= 15 is 0 Å². The fourth-order valence-electron chi connectivity index (χ4n) is 4.44. The van der Waals surface area contributed by atoms with Crippen LogP contribution in [-0.4, -0.2) is 63.4 Å². The number of amides is 2. The maximum Gasteiger partial charge on any atom is 0.253 e. The Labute approximate surface area is 237 Å². The topological polar surface area (TPSA) is 83.4 Å². The van der Waals surface area contributed by atoms with E-state index in [1.807, 2.05) is 34.7 Å². The predicted octanol–water partition coefficient (Wildman–Crippen LogP) is 5.08. The Bertz CT molecular complexity index is 1260. The quantitative estimate of drug-likeness (QED) is 0.359. The molecule has 2 heterocycles. The standard InChI is InChI=1S/C27H32Cl2N6O2S/c1-18(2)15-23(30-26(37)21-10-9-19(28)16-22(21)29)25-31-32-27(33(25)3)38-17-24(36)35-13-11-34(12-14-35)20-7-5-4-6-8-20/h4-10,16,18,23H,11-15,17H2,1-3H3,(H,30,37)/t23-/m0/s1. The summed E-state index contributed by atoms with van der Waals surface area (Å²) < 4.78 is 1.85. The Morgan fingerprint density at radius 2 is 1.74 bits per heavy atom. The molecule has 202 valence electrons. The van der Waals surface area contributed by atoms with Crippen LogP contribution in [0.3, 0.4) is 0 Å². The van der Waals surface area contributed by atoms with Gasteiger partial charge >= 0.3 is 0 Å². The molecule has 1 fully saturated rings. The van der Waals surface area contributed by atoms with Gasteiger partial charge in [-0.25, -0.2) is 0 Å². The fourth-order valence-corrected chi connectivity index (χ4v) is 5.75. The van der Waals surface area contributed by atoms with Gasteiger partial charge in [-0.1, -0.05) is 67.0 Å². The van der Waals surface area contributed by atoms with E-state index < -0.39 is 0 Å². The molecule has 0 spiro atoms. The molecule has 4 rings (SSSR count). The molecule has 0 bridgehead atoms. The monoisotopic (exact) mass is 574 g/mol. The molecule has 8 nitrogen and oxygen atoms in total. The van der Waals surface area contributed by atoms with Gasteiger partial charge in [-0.15, -0.1) is 10.2 Å². The van der Waals surface area contributed by atoms with Crippen molar-refractivity contribution in [2.45, 2.75) is 31.5 Å². The molecule has 1 N–H and O–H groups in total. The molecule has 1 aliphatic rings. The van der Waals surface area contributed by atoms with Gasteiger partial charge in [-0.05, 0) is 42.7 Å². The zero-order valence-electron chi connectivity index (χ0n) is 21.7. The number of aromatic nitrogens is 3. The van der Waals surface area contributed by atoms with Crippen molar-refractivity contribution in [3.63, 3.8) is 0 Å². The zero-order valence-corrected chi connectivity index (χ0v) is 24.1. The van der Waals surface area contributed by atoms with E-state index in [9.17, 15) is 9.59 Å². The number of para-hydroxylation sites is 1. The van der Waals surface area contributed by atoms with E-state index in [2.05, 4.69) is 46.4 Å². The van der Waals surface area contributed by atoms with Crippen molar-refractivity contribution in [1.82, 2.24) is 25.0 Å². The molecule has 0 aliphatic carbocycles. The van der Waals surface area contributed by atoms with Crippen LogP contribution in [0.2, 0.25) is 10.0 Å². The Balaban J connectivity index is 1.37. The second-order valence-electron chi connectivity index (χ2n) is 9.67. The number of hydrogen-bond acceptors (Lipinski definition) is 6. The summed E-state index contributed by atoms with van der Waals surface area (Å²) in [6, 6.07) is 14.7. The molecule has 11 heteroatoms. The van der Waals surface area contributed by atoms with Gasteiger partial charge in [-0.2, -0.15) is 0 Å². The SMILES string of the molecule is CC(C)C[C@H](NC(=O)c1ccc(Cl)cc1Cl)c1nnc(SCC(=O)N2CCN(c3ccccc3)CC2)n1C. The molecule has 38 heavy (non-hydrogen) atoms. The molecule has 0 saturated carbocycles. The summed E-state index contributed by atoms with van der Waals surface area (Å²) in [5.41, 5.74) is 1.53. The summed E-state index contributed by atoms with van der Waals surface area (Å²) >= 11 is 13.6. The summed E-state index contributed by atoms with van der Waals surface area (Å²) in [6.07, 6.45) is 0.665. The molecule has 1 aliphatic heterocycles. The second kappa shape index (κ2) is 12.9. The summed E-state index contributed by atoms with van der Waals surface area (Å²) in [5, 5.41) is 13.1. The van der Waals surface area contributed by atoms with Gasteiger partial charge in [0.05, 0.1) is 22.4 Å². The largest absolute Gasteiger partial charge is 0.368 e. The normalized spacial score (nSPS) is 14.6. The first-order valence-corrected chi connectivity index (χ1v) is 14.3. The molecule has 3 aromatic rings. The van der Waals surface area contributed by atoms with Crippen molar-refractivity contribution in [1.29, 1.82) is 0 Å². The van der Waals surface area contributed by atoms with Crippen molar-refractivity contribution in [2.75, 3.05) is 36.8 Å². The molecule has 2 aromatic carbocycles. The Hall–Kier alpha value is -2.75. The third-order valence-corrected chi connectivity index (χ3v) is 8.00. The number of benzene rings is 2. The van der Waals surface area contributed by atoms with Gasteiger partial charge in [0.15, 0.2) is 11.0 Å². The Morgan fingerprint density at radius 3 is 2.39 bits per heavy atom. The van der Waals surface area contributed by atoms with Crippen LogP contribution in [0.4, 0.5) is 5.69 Å². The molecule has 2 amide bonds. The minimum absolute atomic E-state index is 0.0803. The third-order valence-electron chi connectivity index (χ3n) is 6.45. The van der Waals surface area contributed by atoms with Crippen molar-refractivity contribution in [2.24, 2.45) is 13.0 Å². The highest BCUT2D eigenvalue weighted by Gasteiger charge is 2.26. The van der Waals surface area contributed by atoms with E-state index in [-0.39, 0.29) is 28.6 Å². The number of rotatable bonds is 9.